The molecule has 1 aliphatic carbocycles. The lowest BCUT2D eigenvalue weighted by Gasteiger charge is -2.05. The second kappa shape index (κ2) is 5.52. The summed E-state index contributed by atoms with van der Waals surface area (Å²) in [7, 11) is 0. The summed E-state index contributed by atoms with van der Waals surface area (Å²) in [6, 6.07) is 12.6. The van der Waals surface area contributed by atoms with Gasteiger partial charge in [0.15, 0.2) is 5.96 Å². The van der Waals surface area contributed by atoms with E-state index in [1.807, 2.05) is 26.0 Å². The Bertz CT molecular complexity index is 645. The van der Waals surface area contributed by atoms with E-state index in [2.05, 4.69) is 44.5 Å². The molecule has 1 fully saturated rings. The van der Waals surface area contributed by atoms with Crippen molar-refractivity contribution in [1.29, 1.82) is 0 Å². The molecule has 2 unspecified atom stereocenters. The molecule has 0 spiro atoms. The fraction of sp³-hybridized carbons (Fsp3) is 0.312. The zero-order valence-corrected chi connectivity index (χ0v) is 12.2. The molecule has 1 aromatic carbocycles. The molecule has 21 heavy (non-hydrogen) atoms. The topological polar surface area (TPSA) is 76.2 Å². The van der Waals surface area contributed by atoms with Crippen LogP contribution in [0.15, 0.2) is 41.4 Å². The molecule has 5 nitrogen and oxygen atoms in total. The number of guanidine groups is 1. The van der Waals surface area contributed by atoms with Crippen LogP contribution in [-0.2, 0) is 0 Å². The first-order valence-corrected chi connectivity index (χ1v) is 7.09. The van der Waals surface area contributed by atoms with Gasteiger partial charge in [0.25, 0.3) is 0 Å². The normalized spacial score (nSPS) is 21.1. The van der Waals surface area contributed by atoms with E-state index in [9.17, 15) is 0 Å². The molecule has 0 amide bonds. The van der Waals surface area contributed by atoms with Gasteiger partial charge in [-0.05, 0) is 31.9 Å². The molecular formula is C16H19N5. The second-order valence-corrected chi connectivity index (χ2v) is 5.43. The highest BCUT2D eigenvalue weighted by Crippen LogP contribution is 2.43. The maximum atomic E-state index is 5.95. The minimum absolute atomic E-state index is 0.255. The molecule has 5 heteroatoms. The maximum Gasteiger partial charge on any atom is 0.229 e. The van der Waals surface area contributed by atoms with Gasteiger partial charge in [0.2, 0.25) is 5.95 Å². The van der Waals surface area contributed by atoms with Gasteiger partial charge in [-0.2, -0.15) is 0 Å². The zero-order valence-electron chi connectivity index (χ0n) is 12.2. The van der Waals surface area contributed by atoms with Crippen LogP contribution in [0.2, 0.25) is 0 Å². The highest BCUT2D eigenvalue weighted by molar-refractivity contribution is 5.90. The fourth-order valence-corrected chi connectivity index (χ4v) is 2.49. The largest absolute Gasteiger partial charge is 0.370 e. The number of hydrogen-bond donors (Lipinski definition) is 2. The molecular weight excluding hydrogens is 262 g/mol. The standard InChI is InChI=1S/C16H19N5/c1-10-8-11(2)19-16(18-10)21-15(17)20-14-9-13(14)12-6-4-3-5-7-12/h3-8,13-14H,9H2,1-2H3,(H3,17,18,19,20,21). The smallest absolute Gasteiger partial charge is 0.229 e. The van der Waals surface area contributed by atoms with Gasteiger partial charge in [-0.25, -0.2) is 15.0 Å². The number of anilines is 1. The Morgan fingerprint density at radius 2 is 1.86 bits per heavy atom. The van der Waals surface area contributed by atoms with Crippen LogP contribution in [-0.4, -0.2) is 22.0 Å². The third-order valence-electron chi connectivity index (χ3n) is 3.51. The molecule has 2 atom stereocenters. The Labute approximate surface area is 124 Å². The lowest BCUT2D eigenvalue weighted by Crippen LogP contribution is -2.24. The quantitative estimate of drug-likeness (QED) is 0.669. The van der Waals surface area contributed by atoms with Crippen LogP contribution in [0.25, 0.3) is 0 Å². The van der Waals surface area contributed by atoms with Gasteiger partial charge in [0, 0.05) is 17.3 Å². The van der Waals surface area contributed by atoms with Crippen LogP contribution < -0.4 is 11.1 Å². The van der Waals surface area contributed by atoms with Crippen molar-refractivity contribution in [3.8, 4) is 0 Å². The van der Waals surface area contributed by atoms with E-state index >= 15 is 0 Å². The van der Waals surface area contributed by atoms with Gasteiger partial charge in [0.05, 0.1) is 6.04 Å². The second-order valence-electron chi connectivity index (χ2n) is 5.43. The van der Waals surface area contributed by atoms with E-state index in [-0.39, 0.29) is 6.04 Å². The number of nitrogens with zero attached hydrogens (tertiary/aromatic N) is 3. The number of aryl methyl sites for hydroxylation is 2. The van der Waals surface area contributed by atoms with Crippen LogP contribution >= 0.6 is 0 Å². The van der Waals surface area contributed by atoms with Gasteiger partial charge in [-0.1, -0.05) is 30.3 Å². The lowest BCUT2D eigenvalue weighted by atomic mass is 10.1. The first-order chi connectivity index (χ1) is 10.1. The molecule has 0 saturated heterocycles. The summed E-state index contributed by atoms with van der Waals surface area (Å²) in [5.74, 6) is 1.36. The highest BCUT2D eigenvalue weighted by Gasteiger charge is 2.38. The summed E-state index contributed by atoms with van der Waals surface area (Å²) >= 11 is 0. The van der Waals surface area contributed by atoms with Crippen LogP contribution in [0, 0.1) is 13.8 Å². The van der Waals surface area contributed by atoms with Crippen molar-refractivity contribution in [3.05, 3.63) is 53.3 Å². The van der Waals surface area contributed by atoms with Crippen molar-refractivity contribution in [3.63, 3.8) is 0 Å². The SMILES string of the molecule is Cc1cc(C)nc(NC(N)=NC2CC2c2ccccc2)n1. The number of aliphatic imine (C=N–C) groups is 1. The third kappa shape index (κ3) is 3.37. The fourth-order valence-electron chi connectivity index (χ4n) is 2.49. The van der Waals surface area contributed by atoms with E-state index in [1.54, 1.807) is 0 Å². The zero-order chi connectivity index (χ0) is 14.8. The van der Waals surface area contributed by atoms with Gasteiger partial charge < -0.3 is 5.73 Å². The van der Waals surface area contributed by atoms with E-state index in [4.69, 9.17) is 5.73 Å². The van der Waals surface area contributed by atoms with E-state index in [1.165, 1.54) is 5.56 Å². The van der Waals surface area contributed by atoms with Crippen LogP contribution in [0.1, 0.15) is 29.3 Å². The molecule has 108 valence electrons. The van der Waals surface area contributed by atoms with E-state index in [0.29, 0.717) is 17.8 Å². The number of benzene rings is 1. The van der Waals surface area contributed by atoms with Crippen molar-refractivity contribution < 1.29 is 0 Å². The van der Waals surface area contributed by atoms with Crippen molar-refractivity contribution in [2.24, 2.45) is 10.7 Å². The molecule has 1 saturated carbocycles. The summed E-state index contributed by atoms with van der Waals surface area (Å²) in [6.07, 6.45) is 1.04. The first-order valence-electron chi connectivity index (χ1n) is 7.09. The number of aromatic nitrogens is 2. The predicted molar refractivity (Wildman–Crippen MR) is 84.3 cm³/mol. The lowest BCUT2D eigenvalue weighted by molar-refractivity contribution is 0.981. The molecule has 1 heterocycles. The Morgan fingerprint density at radius 3 is 2.52 bits per heavy atom. The predicted octanol–water partition coefficient (Wildman–Crippen LogP) is 2.38. The molecule has 1 aromatic heterocycles. The van der Waals surface area contributed by atoms with Crippen molar-refractivity contribution in [1.82, 2.24) is 9.97 Å². The summed E-state index contributed by atoms with van der Waals surface area (Å²) in [4.78, 5) is 13.1. The Balaban J connectivity index is 1.65. The number of nitrogens with one attached hydrogen (secondary N) is 1. The van der Waals surface area contributed by atoms with Crippen LogP contribution in [0.4, 0.5) is 5.95 Å². The van der Waals surface area contributed by atoms with Crippen molar-refractivity contribution in [2.75, 3.05) is 5.32 Å². The van der Waals surface area contributed by atoms with E-state index < -0.39 is 0 Å². The van der Waals surface area contributed by atoms with Crippen molar-refractivity contribution >= 4 is 11.9 Å². The third-order valence-corrected chi connectivity index (χ3v) is 3.51. The molecule has 0 bridgehead atoms. The minimum atomic E-state index is 0.255. The number of hydrogen-bond acceptors (Lipinski definition) is 3. The van der Waals surface area contributed by atoms with Crippen LogP contribution in [0.3, 0.4) is 0 Å². The summed E-state index contributed by atoms with van der Waals surface area (Å²) in [5, 5.41) is 2.97. The highest BCUT2D eigenvalue weighted by atomic mass is 15.2. The van der Waals surface area contributed by atoms with Crippen LogP contribution in [0.5, 0.6) is 0 Å². The van der Waals surface area contributed by atoms with Gasteiger partial charge in [-0.3, -0.25) is 5.32 Å². The average Bonchev–Trinajstić information content (AvgIpc) is 3.17. The maximum absolute atomic E-state index is 5.95. The van der Waals surface area contributed by atoms with Gasteiger partial charge in [-0.15, -0.1) is 0 Å². The summed E-state index contributed by atoms with van der Waals surface area (Å²) in [6.45, 7) is 3.86. The Morgan fingerprint density at radius 1 is 1.19 bits per heavy atom. The van der Waals surface area contributed by atoms with Crippen molar-refractivity contribution in [2.45, 2.75) is 32.2 Å². The van der Waals surface area contributed by atoms with Gasteiger partial charge in [0.1, 0.15) is 0 Å². The molecule has 0 aliphatic heterocycles. The molecule has 3 rings (SSSR count). The first kappa shape index (κ1) is 13.5. The summed E-state index contributed by atoms with van der Waals surface area (Å²) in [5.41, 5.74) is 9.08. The average molecular weight is 281 g/mol. The number of rotatable bonds is 3. The van der Waals surface area contributed by atoms with E-state index in [0.717, 1.165) is 17.8 Å². The minimum Gasteiger partial charge on any atom is -0.370 e. The Hall–Kier alpha value is -2.43. The van der Waals surface area contributed by atoms with Gasteiger partial charge >= 0.3 is 0 Å². The monoisotopic (exact) mass is 281 g/mol. The summed E-state index contributed by atoms with van der Waals surface area (Å²) < 4.78 is 0. The Kier molecular flexibility index (Phi) is 3.56. The number of nitrogens with two attached hydrogens (primary N) is 1. The molecule has 3 N–H and O–H groups in total. The molecule has 1 aliphatic rings. The molecule has 2 aromatic rings. The molecule has 0 radical (unpaired) electrons.